The van der Waals surface area contributed by atoms with E-state index in [0.29, 0.717) is 6.42 Å². The van der Waals surface area contributed by atoms with Gasteiger partial charge in [0.1, 0.15) is 9.21 Å². The maximum Gasteiger partial charge on any atom is 0.106 e. The Kier molecular flexibility index (Phi) is 8.57. The van der Waals surface area contributed by atoms with Gasteiger partial charge in [0.15, 0.2) is 0 Å². The number of aryl methyl sites for hydroxylation is 1. The van der Waals surface area contributed by atoms with Gasteiger partial charge in [0.05, 0.1) is 5.60 Å². The van der Waals surface area contributed by atoms with Crippen LogP contribution in [0.25, 0.3) is 0 Å². The molecule has 0 atom stereocenters. The first-order chi connectivity index (χ1) is 14.4. The van der Waals surface area contributed by atoms with Crippen LogP contribution in [0.2, 0.25) is 0 Å². The van der Waals surface area contributed by atoms with Crippen molar-refractivity contribution >= 4 is 31.9 Å². The molecule has 1 aliphatic heterocycles. The van der Waals surface area contributed by atoms with Crippen molar-refractivity contribution in [2.24, 2.45) is 0 Å². The van der Waals surface area contributed by atoms with Crippen molar-refractivity contribution in [1.82, 2.24) is 14.9 Å². The number of aromatic nitrogens is 2. The molecular formula is C24H27Br2N3O. The molecule has 4 nitrogen and oxygen atoms in total. The molecule has 0 spiro atoms. The van der Waals surface area contributed by atoms with Crippen LogP contribution >= 0.6 is 31.9 Å². The van der Waals surface area contributed by atoms with Crippen molar-refractivity contribution in [3.8, 4) is 0 Å². The Morgan fingerprint density at radius 2 is 1.50 bits per heavy atom. The van der Waals surface area contributed by atoms with E-state index in [1.807, 2.05) is 49.4 Å². The third-order valence-corrected chi connectivity index (χ3v) is 6.06. The Morgan fingerprint density at radius 3 is 2.07 bits per heavy atom. The van der Waals surface area contributed by atoms with Crippen LogP contribution in [-0.4, -0.2) is 38.7 Å². The topological polar surface area (TPSA) is 49.3 Å². The van der Waals surface area contributed by atoms with E-state index in [1.54, 1.807) is 0 Å². The summed E-state index contributed by atoms with van der Waals surface area (Å²) in [6.07, 6.45) is 2.23. The smallest absolute Gasteiger partial charge is 0.106 e. The predicted molar refractivity (Wildman–Crippen MR) is 128 cm³/mol. The minimum Gasteiger partial charge on any atom is -0.389 e. The quantitative estimate of drug-likeness (QED) is 0.446. The van der Waals surface area contributed by atoms with E-state index in [2.05, 4.69) is 71.0 Å². The second-order valence-corrected chi connectivity index (χ2v) is 9.34. The lowest BCUT2D eigenvalue weighted by atomic mass is 9.86. The zero-order chi connectivity index (χ0) is 21.4. The molecule has 0 aliphatic carbocycles. The molecule has 3 heterocycles. The van der Waals surface area contributed by atoms with E-state index in [0.717, 1.165) is 53.1 Å². The molecule has 1 N–H and O–H groups in total. The summed E-state index contributed by atoms with van der Waals surface area (Å²) >= 11 is 6.64. The van der Waals surface area contributed by atoms with Crippen molar-refractivity contribution < 1.29 is 5.11 Å². The Labute approximate surface area is 195 Å². The third kappa shape index (κ3) is 7.58. The largest absolute Gasteiger partial charge is 0.389 e. The third-order valence-electron chi connectivity index (χ3n) is 5.17. The first-order valence-corrected chi connectivity index (χ1v) is 11.7. The summed E-state index contributed by atoms with van der Waals surface area (Å²) in [5, 5.41) is 10.8. The van der Waals surface area contributed by atoms with E-state index in [9.17, 15) is 5.11 Å². The number of rotatable bonds is 4. The highest BCUT2D eigenvalue weighted by atomic mass is 79.9. The van der Waals surface area contributed by atoms with Crippen LogP contribution in [0.15, 0.2) is 75.9 Å². The van der Waals surface area contributed by atoms with Crippen LogP contribution in [0.4, 0.5) is 0 Å². The van der Waals surface area contributed by atoms with E-state index < -0.39 is 5.60 Å². The van der Waals surface area contributed by atoms with Crippen LogP contribution in [0, 0.1) is 6.92 Å². The maximum absolute atomic E-state index is 10.8. The second kappa shape index (κ2) is 11.1. The van der Waals surface area contributed by atoms with Gasteiger partial charge in [0.25, 0.3) is 0 Å². The second-order valence-electron chi connectivity index (χ2n) is 7.72. The summed E-state index contributed by atoms with van der Waals surface area (Å²) < 4.78 is 1.73. The summed E-state index contributed by atoms with van der Waals surface area (Å²) in [6.45, 7) is 4.79. The highest BCUT2D eigenvalue weighted by Crippen LogP contribution is 2.27. The van der Waals surface area contributed by atoms with E-state index in [-0.39, 0.29) is 0 Å². The molecule has 1 aliphatic rings. The van der Waals surface area contributed by atoms with Crippen molar-refractivity contribution in [3.05, 3.63) is 92.9 Å². The molecule has 0 saturated carbocycles. The average molecular weight is 533 g/mol. The summed E-state index contributed by atoms with van der Waals surface area (Å²) in [7, 11) is 0. The van der Waals surface area contributed by atoms with Crippen molar-refractivity contribution in [2.75, 3.05) is 13.1 Å². The Hall–Kier alpha value is -1.60. The molecule has 1 aromatic carbocycles. The fourth-order valence-electron chi connectivity index (χ4n) is 3.54. The maximum atomic E-state index is 10.8. The molecule has 3 aromatic rings. The van der Waals surface area contributed by atoms with E-state index >= 15 is 0 Å². The van der Waals surface area contributed by atoms with Gasteiger partial charge in [-0.3, -0.25) is 4.90 Å². The molecule has 1 saturated heterocycles. The molecule has 0 unspecified atom stereocenters. The fourth-order valence-corrected chi connectivity index (χ4v) is 4.35. The van der Waals surface area contributed by atoms with Gasteiger partial charge in [-0.1, -0.05) is 42.5 Å². The fraction of sp³-hybridized carbons (Fsp3) is 0.333. The van der Waals surface area contributed by atoms with E-state index in [1.165, 1.54) is 5.56 Å². The molecule has 2 aromatic heterocycles. The number of halogens is 2. The summed E-state index contributed by atoms with van der Waals surface area (Å²) in [5.41, 5.74) is 2.70. The lowest BCUT2D eigenvalue weighted by molar-refractivity contribution is -0.0231. The molecule has 30 heavy (non-hydrogen) atoms. The van der Waals surface area contributed by atoms with Gasteiger partial charge >= 0.3 is 0 Å². The number of aliphatic hydroxyl groups is 1. The average Bonchev–Trinajstić information content (AvgIpc) is 2.71. The van der Waals surface area contributed by atoms with E-state index in [4.69, 9.17) is 0 Å². The number of nitrogens with zero attached hydrogens (tertiary/aromatic N) is 3. The van der Waals surface area contributed by atoms with Crippen molar-refractivity contribution in [1.29, 1.82) is 0 Å². The first-order valence-electron chi connectivity index (χ1n) is 10.1. The summed E-state index contributed by atoms with van der Waals surface area (Å²) in [6, 6.07) is 22.2. The molecule has 0 amide bonds. The molecule has 6 heteroatoms. The Balaban J connectivity index is 0.000000269. The Morgan fingerprint density at radius 1 is 0.867 bits per heavy atom. The van der Waals surface area contributed by atoms with Crippen LogP contribution in [0.3, 0.4) is 0 Å². The van der Waals surface area contributed by atoms with Crippen LogP contribution < -0.4 is 0 Å². The van der Waals surface area contributed by atoms with Crippen LogP contribution in [-0.2, 0) is 13.0 Å². The number of hydrogen-bond acceptors (Lipinski definition) is 4. The molecular weight excluding hydrogens is 506 g/mol. The lowest BCUT2D eigenvalue weighted by Crippen LogP contribution is -2.45. The van der Waals surface area contributed by atoms with Gasteiger partial charge < -0.3 is 5.11 Å². The zero-order valence-electron chi connectivity index (χ0n) is 17.1. The number of likely N-dealkylation sites (tertiary alicyclic amines) is 1. The zero-order valence-corrected chi connectivity index (χ0v) is 20.3. The van der Waals surface area contributed by atoms with Gasteiger partial charge in [0.2, 0.25) is 0 Å². The predicted octanol–water partition coefficient (Wildman–Crippen LogP) is 5.57. The summed E-state index contributed by atoms with van der Waals surface area (Å²) in [5.74, 6) is 0. The van der Waals surface area contributed by atoms with Gasteiger partial charge in [-0.2, -0.15) is 0 Å². The minimum atomic E-state index is -0.624. The molecule has 0 bridgehead atoms. The number of hydrogen-bond donors (Lipinski definition) is 1. The minimum absolute atomic E-state index is 0.624. The molecule has 4 rings (SSSR count). The van der Waals surface area contributed by atoms with Crippen LogP contribution in [0.5, 0.6) is 0 Å². The van der Waals surface area contributed by atoms with Gasteiger partial charge in [0, 0.05) is 37.4 Å². The standard InChI is InChI=1S/C18H21BrN2O.C6H6BrN/c19-17-8-4-7-16(20-17)13-18(22)9-11-21(12-10-18)14-15-5-2-1-3-6-15;1-5-3-2-4-6(7)8-5/h1-8,22H,9-14H2;2-4H,1H3. The number of pyridine rings is 2. The van der Waals surface area contributed by atoms with Gasteiger partial charge in [-0.15, -0.1) is 0 Å². The SMILES string of the molecule is Cc1cccc(Br)n1.OC1(Cc2cccc(Br)n2)CCN(Cc2ccccc2)CC1. The first kappa shape index (κ1) is 23.1. The number of piperidine rings is 1. The van der Waals surface area contributed by atoms with Gasteiger partial charge in [-0.25, -0.2) is 9.97 Å². The summed E-state index contributed by atoms with van der Waals surface area (Å²) in [4.78, 5) is 10.9. The van der Waals surface area contributed by atoms with Gasteiger partial charge in [-0.05, 0) is 81.5 Å². The molecule has 0 radical (unpaired) electrons. The normalized spacial score (nSPS) is 15.9. The lowest BCUT2D eigenvalue weighted by Gasteiger charge is -2.38. The Bertz CT molecular complexity index is 911. The van der Waals surface area contributed by atoms with Crippen molar-refractivity contribution in [2.45, 2.75) is 38.3 Å². The van der Waals surface area contributed by atoms with Crippen molar-refractivity contribution in [3.63, 3.8) is 0 Å². The van der Waals surface area contributed by atoms with Crippen LogP contribution in [0.1, 0.15) is 29.8 Å². The highest BCUT2D eigenvalue weighted by Gasteiger charge is 2.32. The molecule has 1 fully saturated rings. The number of benzene rings is 1. The molecule has 158 valence electrons. The monoisotopic (exact) mass is 531 g/mol. The highest BCUT2D eigenvalue weighted by molar-refractivity contribution is 9.10.